The van der Waals surface area contributed by atoms with Crippen molar-refractivity contribution in [3.63, 3.8) is 0 Å². The molecule has 11 heteroatoms. The lowest BCUT2D eigenvalue weighted by atomic mass is 10.1. The monoisotopic (exact) mass is 473 g/mol. The number of benzene rings is 2. The third-order valence-corrected chi connectivity index (χ3v) is 5.94. The van der Waals surface area contributed by atoms with Crippen molar-refractivity contribution in [3.8, 4) is 11.4 Å². The summed E-state index contributed by atoms with van der Waals surface area (Å²) >= 11 is 1.44. The Morgan fingerprint density at radius 2 is 1.97 bits per heavy atom. The summed E-state index contributed by atoms with van der Waals surface area (Å²) in [5.74, 6) is 0.464. The summed E-state index contributed by atoms with van der Waals surface area (Å²) in [4.78, 5) is 35.7. The van der Waals surface area contributed by atoms with Gasteiger partial charge in [0.05, 0.1) is 0 Å². The van der Waals surface area contributed by atoms with Crippen molar-refractivity contribution >= 4 is 29.1 Å². The van der Waals surface area contributed by atoms with Crippen molar-refractivity contribution in [2.24, 2.45) is 0 Å². The number of aromatic nitrogens is 6. The van der Waals surface area contributed by atoms with Gasteiger partial charge in [-0.25, -0.2) is 14.3 Å². The van der Waals surface area contributed by atoms with Gasteiger partial charge in [0, 0.05) is 34.0 Å². The van der Waals surface area contributed by atoms with Gasteiger partial charge in [-0.2, -0.15) is 4.98 Å². The van der Waals surface area contributed by atoms with E-state index >= 15 is 0 Å². The quantitative estimate of drug-likeness (QED) is 0.358. The molecule has 0 aliphatic heterocycles. The number of nitrogens with one attached hydrogen (secondary N) is 2. The van der Waals surface area contributed by atoms with Crippen LogP contribution in [-0.2, 0) is 5.75 Å². The molecule has 3 aromatic heterocycles. The SMILES string of the molecule is Cc1cc(C)n2nc(SCc3ccccc3C(=O)Nc3cccc(-c4noc(=O)[nH]4)c3)nc2n1. The number of fused-ring (bicyclic) bond motifs is 1. The molecule has 5 rings (SSSR count). The van der Waals surface area contributed by atoms with Crippen molar-refractivity contribution in [1.82, 2.24) is 29.7 Å². The Labute approximate surface area is 197 Å². The molecule has 2 aromatic carbocycles. The van der Waals surface area contributed by atoms with E-state index in [1.165, 1.54) is 11.8 Å². The zero-order valence-electron chi connectivity index (χ0n) is 18.3. The van der Waals surface area contributed by atoms with Crippen LogP contribution in [0.2, 0.25) is 0 Å². The molecule has 34 heavy (non-hydrogen) atoms. The summed E-state index contributed by atoms with van der Waals surface area (Å²) in [6.07, 6.45) is 0. The molecule has 0 aliphatic rings. The van der Waals surface area contributed by atoms with Crippen molar-refractivity contribution in [3.05, 3.63) is 87.7 Å². The smallest absolute Gasteiger partial charge is 0.322 e. The van der Waals surface area contributed by atoms with Gasteiger partial charge in [-0.1, -0.05) is 47.3 Å². The lowest BCUT2D eigenvalue weighted by Gasteiger charge is -2.10. The van der Waals surface area contributed by atoms with Gasteiger partial charge in [-0.15, -0.1) is 5.10 Å². The largest absolute Gasteiger partial charge is 0.439 e. The molecule has 2 N–H and O–H groups in total. The molecule has 0 radical (unpaired) electrons. The lowest BCUT2D eigenvalue weighted by Crippen LogP contribution is -2.14. The Balaban J connectivity index is 1.33. The minimum Gasteiger partial charge on any atom is -0.322 e. The van der Waals surface area contributed by atoms with Crippen LogP contribution in [0.25, 0.3) is 17.2 Å². The van der Waals surface area contributed by atoms with E-state index < -0.39 is 5.76 Å². The number of carbonyl (C=O) groups excluding carboxylic acids is 1. The third kappa shape index (κ3) is 4.46. The zero-order chi connectivity index (χ0) is 23.7. The second kappa shape index (κ2) is 8.94. The van der Waals surface area contributed by atoms with Crippen LogP contribution < -0.4 is 11.1 Å². The number of amides is 1. The van der Waals surface area contributed by atoms with Crippen LogP contribution in [0, 0.1) is 13.8 Å². The molecule has 3 heterocycles. The van der Waals surface area contributed by atoms with Gasteiger partial charge >= 0.3 is 5.76 Å². The first-order valence-corrected chi connectivity index (χ1v) is 11.3. The molecule has 0 saturated carbocycles. The third-order valence-electron chi connectivity index (χ3n) is 5.05. The van der Waals surface area contributed by atoms with Crippen LogP contribution >= 0.6 is 11.8 Å². The maximum Gasteiger partial charge on any atom is 0.439 e. The van der Waals surface area contributed by atoms with Crippen molar-refractivity contribution in [1.29, 1.82) is 0 Å². The summed E-state index contributed by atoms with van der Waals surface area (Å²) in [6, 6.07) is 16.3. The van der Waals surface area contributed by atoms with E-state index in [-0.39, 0.29) is 11.7 Å². The predicted octanol–water partition coefficient (Wildman–Crippen LogP) is 3.63. The first-order chi connectivity index (χ1) is 16.5. The number of aryl methyl sites for hydroxylation is 2. The number of aromatic amines is 1. The highest BCUT2D eigenvalue weighted by Gasteiger charge is 2.14. The Kier molecular flexibility index (Phi) is 5.68. The van der Waals surface area contributed by atoms with E-state index in [4.69, 9.17) is 0 Å². The average molecular weight is 474 g/mol. The summed E-state index contributed by atoms with van der Waals surface area (Å²) in [6.45, 7) is 3.88. The number of carbonyl (C=O) groups is 1. The van der Waals surface area contributed by atoms with E-state index in [0.29, 0.717) is 33.5 Å². The van der Waals surface area contributed by atoms with Crippen LogP contribution in [0.1, 0.15) is 27.3 Å². The number of rotatable bonds is 6. The second-order valence-electron chi connectivity index (χ2n) is 7.57. The molecule has 0 unspecified atom stereocenters. The van der Waals surface area contributed by atoms with Gasteiger partial charge in [0.15, 0.2) is 5.82 Å². The first kappa shape index (κ1) is 21.6. The van der Waals surface area contributed by atoms with E-state index in [2.05, 4.69) is 35.0 Å². The highest BCUT2D eigenvalue weighted by molar-refractivity contribution is 7.98. The van der Waals surface area contributed by atoms with Gasteiger partial charge in [0.2, 0.25) is 5.16 Å². The van der Waals surface area contributed by atoms with Crippen LogP contribution in [0.4, 0.5) is 5.69 Å². The minimum atomic E-state index is -0.642. The molecule has 10 nitrogen and oxygen atoms in total. The minimum absolute atomic E-state index is 0.252. The topological polar surface area (TPSA) is 131 Å². The van der Waals surface area contributed by atoms with Gasteiger partial charge < -0.3 is 5.32 Å². The Hall–Kier alpha value is -4.25. The number of hydrogen-bond acceptors (Lipinski definition) is 8. The molecule has 1 amide bonds. The molecule has 0 bridgehead atoms. The number of anilines is 1. The highest BCUT2D eigenvalue weighted by Crippen LogP contribution is 2.24. The molecular weight excluding hydrogens is 454 g/mol. The highest BCUT2D eigenvalue weighted by atomic mass is 32.2. The van der Waals surface area contributed by atoms with E-state index in [1.54, 1.807) is 34.8 Å². The van der Waals surface area contributed by atoms with Gasteiger partial charge in [-0.05, 0) is 43.7 Å². The summed E-state index contributed by atoms with van der Waals surface area (Å²) in [5, 5.41) is 11.7. The Morgan fingerprint density at radius 1 is 1.12 bits per heavy atom. The molecule has 170 valence electrons. The average Bonchev–Trinajstić information content (AvgIpc) is 3.44. The van der Waals surface area contributed by atoms with Crippen LogP contribution in [0.3, 0.4) is 0 Å². The number of H-pyrrole nitrogens is 1. The zero-order valence-corrected chi connectivity index (χ0v) is 19.1. The van der Waals surface area contributed by atoms with Gasteiger partial charge in [0.1, 0.15) is 0 Å². The molecule has 0 spiro atoms. The fraction of sp³-hybridized carbons (Fsp3) is 0.130. The maximum absolute atomic E-state index is 13.1. The summed E-state index contributed by atoms with van der Waals surface area (Å²) in [7, 11) is 0. The van der Waals surface area contributed by atoms with Crippen LogP contribution in [0.15, 0.2) is 69.1 Å². The number of hydrogen-bond donors (Lipinski definition) is 2. The predicted molar refractivity (Wildman–Crippen MR) is 127 cm³/mol. The summed E-state index contributed by atoms with van der Waals surface area (Å²) < 4.78 is 6.26. The van der Waals surface area contributed by atoms with Crippen molar-refractivity contribution in [2.45, 2.75) is 24.8 Å². The standard InChI is InChI=1S/C23H19N7O3S/c1-13-10-14(2)30-21(24-13)27-22(28-30)34-12-16-6-3-4-9-18(16)20(31)25-17-8-5-7-15(11-17)19-26-23(32)33-29-19/h3-11H,12H2,1-2H3,(H,25,31)(H,26,29,32). The molecule has 0 aliphatic carbocycles. The fourth-order valence-electron chi connectivity index (χ4n) is 3.52. The van der Waals surface area contributed by atoms with Crippen LogP contribution in [-0.4, -0.2) is 35.6 Å². The first-order valence-electron chi connectivity index (χ1n) is 10.4. The lowest BCUT2D eigenvalue weighted by molar-refractivity contribution is 0.102. The molecule has 0 fully saturated rings. The molecular formula is C23H19N7O3S. The van der Waals surface area contributed by atoms with Gasteiger partial charge in [0.25, 0.3) is 11.7 Å². The normalized spacial score (nSPS) is 11.1. The molecule has 0 saturated heterocycles. The fourth-order valence-corrected chi connectivity index (χ4v) is 4.34. The second-order valence-corrected chi connectivity index (χ2v) is 8.51. The summed E-state index contributed by atoms with van der Waals surface area (Å²) in [5.41, 5.74) is 4.41. The Bertz CT molecular complexity index is 1570. The number of nitrogens with zero attached hydrogens (tertiary/aromatic N) is 5. The number of thioether (sulfide) groups is 1. The molecule has 5 aromatic rings. The van der Waals surface area contributed by atoms with Crippen LogP contribution in [0.5, 0.6) is 0 Å². The maximum atomic E-state index is 13.1. The van der Waals surface area contributed by atoms with Crippen molar-refractivity contribution < 1.29 is 9.32 Å². The van der Waals surface area contributed by atoms with E-state index in [1.807, 2.05) is 38.1 Å². The van der Waals surface area contributed by atoms with Gasteiger partial charge in [-0.3, -0.25) is 14.3 Å². The Morgan fingerprint density at radius 3 is 2.79 bits per heavy atom. The molecule has 0 atom stereocenters. The van der Waals surface area contributed by atoms with E-state index in [9.17, 15) is 9.59 Å². The van der Waals surface area contributed by atoms with Crippen molar-refractivity contribution in [2.75, 3.05) is 5.32 Å². The van der Waals surface area contributed by atoms with E-state index in [0.717, 1.165) is 17.0 Å².